The Morgan fingerprint density at radius 2 is 2.15 bits per heavy atom. The highest BCUT2D eigenvalue weighted by Crippen LogP contribution is 2.29. The number of carbonyl (C=O) groups is 1. The molecule has 0 bridgehead atoms. The molecule has 0 saturated carbocycles. The van der Waals surface area contributed by atoms with Crippen LogP contribution < -0.4 is 5.32 Å². The second-order valence-electron chi connectivity index (χ2n) is 4.44. The summed E-state index contributed by atoms with van der Waals surface area (Å²) in [6, 6.07) is 1.85. The summed E-state index contributed by atoms with van der Waals surface area (Å²) in [6.07, 6.45) is 2.70. The van der Waals surface area contributed by atoms with E-state index in [1.54, 1.807) is 26.2 Å². The van der Waals surface area contributed by atoms with Crippen molar-refractivity contribution in [1.82, 2.24) is 9.97 Å². The van der Waals surface area contributed by atoms with Gasteiger partial charge in [0.1, 0.15) is 10.7 Å². The van der Waals surface area contributed by atoms with Crippen LogP contribution in [-0.4, -0.2) is 22.2 Å². The molecule has 2 aromatic heterocycles. The average Bonchev–Trinajstić information content (AvgIpc) is 2.74. The minimum Gasteiger partial charge on any atom is -0.447 e. The molecular weight excluding hydrogens is 342 g/mol. The van der Waals surface area contributed by atoms with Gasteiger partial charge in [-0.3, -0.25) is 10.3 Å². The summed E-state index contributed by atoms with van der Waals surface area (Å²) in [5.41, 5.74) is 2.35. The van der Waals surface area contributed by atoms with Crippen LogP contribution in [0.3, 0.4) is 0 Å². The number of anilines is 1. The van der Waals surface area contributed by atoms with E-state index in [4.69, 9.17) is 4.74 Å². The molecule has 0 saturated heterocycles. The van der Waals surface area contributed by atoms with Gasteiger partial charge in [0.25, 0.3) is 0 Å². The van der Waals surface area contributed by atoms with Crippen molar-refractivity contribution in [3.8, 4) is 10.7 Å². The Kier molecular flexibility index (Phi) is 4.72. The molecule has 0 fully saturated rings. The number of nitrogens with one attached hydrogen (secondary N) is 1. The second kappa shape index (κ2) is 6.32. The number of nitrogens with zero attached hydrogens (tertiary/aromatic N) is 2. The van der Waals surface area contributed by atoms with Gasteiger partial charge in [0.2, 0.25) is 0 Å². The molecule has 1 amide bonds. The number of aryl methyl sites for hydroxylation is 1. The molecule has 1 N–H and O–H groups in total. The molecule has 0 unspecified atom stereocenters. The Labute approximate surface area is 129 Å². The maximum absolute atomic E-state index is 11.5. The zero-order chi connectivity index (χ0) is 14.7. The first-order valence-corrected chi connectivity index (χ1v) is 7.62. The quantitative estimate of drug-likeness (QED) is 0.894. The standard InChI is InChI=1S/C13H14BrN3O2S/c1-7(2)19-13(18)17-9-4-8(3)11(15-5-9)12-16-6-10(14)20-12/h4-7H,1-3H3,(H,17,18). The third-order valence-corrected chi connectivity index (χ3v) is 3.83. The minimum absolute atomic E-state index is 0.156. The lowest BCUT2D eigenvalue weighted by atomic mass is 10.2. The number of carbonyl (C=O) groups excluding carboxylic acids is 1. The first-order chi connectivity index (χ1) is 9.45. The van der Waals surface area contributed by atoms with Gasteiger partial charge in [0.05, 0.1) is 28.0 Å². The Morgan fingerprint density at radius 3 is 2.70 bits per heavy atom. The van der Waals surface area contributed by atoms with Gasteiger partial charge in [0.15, 0.2) is 0 Å². The number of ether oxygens (including phenoxy) is 1. The third kappa shape index (κ3) is 3.77. The van der Waals surface area contributed by atoms with E-state index in [0.717, 1.165) is 20.1 Å². The number of hydrogen-bond acceptors (Lipinski definition) is 5. The van der Waals surface area contributed by atoms with Crippen LogP contribution in [0.5, 0.6) is 0 Å². The fraction of sp³-hybridized carbons (Fsp3) is 0.308. The largest absolute Gasteiger partial charge is 0.447 e. The Morgan fingerprint density at radius 1 is 1.40 bits per heavy atom. The number of halogens is 1. The van der Waals surface area contributed by atoms with E-state index in [2.05, 4.69) is 31.2 Å². The number of aromatic nitrogens is 2. The monoisotopic (exact) mass is 355 g/mol. The van der Waals surface area contributed by atoms with Crippen molar-refractivity contribution in [3.63, 3.8) is 0 Å². The van der Waals surface area contributed by atoms with E-state index < -0.39 is 6.09 Å². The smallest absolute Gasteiger partial charge is 0.411 e. The van der Waals surface area contributed by atoms with Crippen molar-refractivity contribution in [2.45, 2.75) is 26.9 Å². The van der Waals surface area contributed by atoms with Gasteiger partial charge in [-0.05, 0) is 48.3 Å². The lowest BCUT2D eigenvalue weighted by Gasteiger charge is -2.10. The summed E-state index contributed by atoms with van der Waals surface area (Å²) in [6.45, 7) is 5.52. The van der Waals surface area contributed by atoms with Crippen molar-refractivity contribution >= 4 is 39.0 Å². The second-order valence-corrected chi connectivity index (χ2v) is 6.85. The molecule has 0 aliphatic heterocycles. The van der Waals surface area contributed by atoms with E-state index in [1.807, 2.05) is 13.0 Å². The van der Waals surface area contributed by atoms with Crippen molar-refractivity contribution < 1.29 is 9.53 Å². The average molecular weight is 356 g/mol. The van der Waals surface area contributed by atoms with Crippen molar-refractivity contribution in [3.05, 3.63) is 27.8 Å². The van der Waals surface area contributed by atoms with E-state index in [9.17, 15) is 4.79 Å². The zero-order valence-corrected chi connectivity index (χ0v) is 13.7. The van der Waals surface area contributed by atoms with Gasteiger partial charge in [-0.25, -0.2) is 9.78 Å². The molecule has 0 aromatic carbocycles. The molecule has 20 heavy (non-hydrogen) atoms. The van der Waals surface area contributed by atoms with Gasteiger partial charge >= 0.3 is 6.09 Å². The first kappa shape index (κ1) is 14.9. The Balaban J connectivity index is 2.16. The minimum atomic E-state index is -0.481. The predicted octanol–water partition coefficient (Wildman–Crippen LogP) is 4.23. The molecule has 0 atom stereocenters. The molecule has 0 aliphatic rings. The topological polar surface area (TPSA) is 64.1 Å². The van der Waals surface area contributed by atoms with E-state index in [0.29, 0.717) is 5.69 Å². The van der Waals surface area contributed by atoms with E-state index in [-0.39, 0.29) is 6.10 Å². The highest BCUT2D eigenvalue weighted by molar-refractivity contribution is 9.11. The lowest BCUT2D eigenvalue weighted by Crippen LogP contribution is -2.18. The first-order valence-electron chi connectivity index (χ1n) is 6.01. The number of thiazole rings is 1. The van der Waals surface area contributed by atoms with E-state index in [1.165, 1.54) is 11.3 Å². The van der Waals surface area contributed by atoms with Crippen LogP contribution >= 0.6 is 27.3 Å². The highest BCUT2D eigenvalue weighted by Gasteiger charge is 2.11. The van der Waals surface area contributed by atoms with Crippen LogP contribution in [0.15, 0.2) is 22.2 Å². The van der Waals surface area contributed by atoms with Crippen LogP contribution in [0.25, 0.3) is 10.7 Å². The molecule has 7 heteroatoms. The van der Waals surface area contributed by atoms with Gasteiger partial charge in [-0.1, -0.05) is 0 Å². The summed E-state index contributed by atoms with van der Waals surface area (Å²) in [5, 5.41) is 3.49. The summed E-state index contributed by atoms with van der Waals surface area (Å²) >= 11 is 4.89. The maximum Gasteiger partial charge on any atom is 0.411 e. The summed E-state index contributed by atoms with van der Waals surface area (Å²) in [7, 11) is 0. The fourth-order valence-electron chi connectivity index (χ4n) is 1.59. The zero-order valence-electron chi connectivity index (χ0n) is 11.3. The normalized spacial score (nSPS) is 10.7. The van der Waals surface area contributed by atoms with Crippen molar-refractivity contribution in [1.29, 1.82) is 0 Å². The van der Waals surface area contributed by atoms with Crippen LogP contribution in [0.4, 0.5) is 10.5 Å². The summed E-state index contributed by atoms with van der Waals surface area (Å²) in [5.74, 6) is 0. The molecule has 2 rings (SSSR count). The number of amides is 1. The van der Waals surface area contributed by atoms with Gasteiger partial charge < -0.3 is 4.74 Å². The predicted molar refractivity (Wildman–Crippen MR) is 83.0 cm³/mol. The highest BCUT2D eigenvalue weighted by atomic mass is 79.9. The van der Waals surface area contributed by atoms with Crippen LogP contribution in [-0.2, 0) is 4.74 Å². The lowest BCUT2D eigenvalue weighted by molar-refractivity contribution is 0.130. The summed E-state index contributed by atoms with van der Waals surface area (Å²) < 4.78 is 5.97. The van der Waals surface area contributed by atoms with Crippen molar-refractivity contribution in [2.24, 2.45) is 0 Å². The van der Waals surface area contributed by atoms with E-state index >= 15 is 0 Å². The third-order valence-electron chi connectivity index (χ3n) is 2.35. The molecule has 0 radical (unpaired) electrons. The molecule has 2 aromatic rings. The van der Waals surface area contributed by atoms with Crippen molar-refractivity contribution in [2.75, 3.05) is 5.32 Å². The van der Waals surface area contributed by atoms with Gasteiger partial charge in [-0.2, -0.15) is 0 Å². The summed E-state index contributed by atoms with van der Waals surface area (Å²) in [4.78, 5) is 20.1. The Bertz CT molecular complexity index is 628. The molecule has 5 nitrogen and oxygen atoms in total. The van der Waals surface area contributed by atoms with Gasteiger partial charge in [0, 0.05) is 0 Å². The molecule has 0 spiro atoms. The maximum atomic E-state index is 11.5. The van der Waals surface area contributed by atoms with Crippen LogP contribution in [0, 0.1) is 6.92 Å². The molecule has 106 valence electrons. The fourth-order valence-corrected chi connectivity index (χ4v) is 2.86. The number of hydrogen-bond donors (Lipinski definition) is 1. The SMILES string of the molecule is Cc1cc(NC(=O)OC(C)C)cnc1-c1ncc(Br)s1. The number of pyridine rings is 1. The number of rotatable bonds is 3. The van der Waals surface area contributed by atoms with Gasteiger partial charge in [-0.15, -0.1) is 11.3 Å². The van der Waals surface area contributed by atoms with Crippen LogP contribution in [0.1, 0.15) is 19.4 Å². The molecule has 0 aliphatic carbocycles. The Hall–Kier alpha value is -1.47. The molecular formula is C13H14BrN3O2S. The van der Waals surface area contributed by atoms with Crippen LogP contribution in [0.2, 0.25) is 0 Å². The molecule has 2 heterocycles.